The Kier molecular flexibility index (Phi) is 9.41. The molecule has 0 atom stereocenters. The Hall–Kier alpha value is -3.01. The molecule has 39 heavy (non-hydrogen) atoms. The van der Waals surface area contributed by atoms with Gasteiger partial charge in [-0.05, 0) is 72.2 Å². The number of rotatable bonds is 8. The molecule has 0 fully saturated rings. The first-order valence-electron chi connectivity index (χ1n) is 12.6. The molecule has 0 saturated carbocycles. The number of hydrogen-bond acceptors (Lipinski definition) is 1. The van der Waals surface area contributed by atoms with Crippen LogP contribution in [0.15, 0.2) is 60.7 Å². The topological polar surface area (TPSA) is 33.7 Å². The molecule has 1 heterocycles. The molecule has 210 valence electrons. The second kappa shape index (κ2) is 12.0. The van der Waals surface area contributed by atoms with E-state index in [0.29, 0.717) is 35.0 Å². The average Bonchev–Trinajstić information content (AvgIpc) is 3.14. The first-order chi connectivity index (χ1) is 18.0. The summed E-state index contributed by atoms with van der Waals surface area (Å²) < 4.78 is 85.7. The van der Waals surface area contributed by atoms with Crippen LogP contribution in [0.3, 0.4) is 0 Å². The molecule has 1 aromatic heterocycles. The van der Waals surface area contributed by atoms with Crippen molar-refractivity contribution in [2.24, 2.45) is 0 Å². The smallest absolute Gasteiger partial charge is 0.310 e. The number of hydrogen-bond donors (Lipinski definition) is 1. The van der Waals surface area contributed by atoms with Gasteiger partial charge in [0.2, 0.25) is 5.62 Å². The molecule has 0 aliphatic carbocycles. The lowest BCUT2D eigenvalue weighted by molar-refractivity contribution is -0.139. The van der Waals surface area contributed by atoms with E-state index in [2.05, 4.69) is 0 Å². The van der Waals surface area contributed by atoms with Crippen LogP contribution in [0.1, 0.15) is 47.2 Å². The number of para-hydroxylation sites is 2. The second-order valence-corrected chi connectivity index (χ2v) is 9.20. The number of alkyl halides is 6. The Labute approximate surface area is 233 Å². The van der Waals surface area contributed by atoms with Crippen molar-refractivity contribution in [3.8, 4) is 0 Å². The maximum Gasteiger partial charge on any atom is 0.416 e. The lowest BCUT2D eigenvalue weighted by Crippen LogP contribution is -2.27. The van der Waals surface area contributed by atoms with Crippen LogP contribution in [0.2, 0.25) is 0 Å². The summed E-state index contributed by atoms with van der Waals surface area (Å²) in [6.07, 6.45) is -7.96. The van der Waals surface area contributed by atoms with Gasteiger partial charge in [0.1, 0.15) is 0 Å². The second-order valence-electron chi connectivity index (χ2n) is 9.20. The van der Waals surface area contributed by atoms with Gasteiger partial charge in [-0.1, -0.05) is 50.2 Å². The molecule has 0 bridgehead atoms. The molecular weight excluding hydrogens is 584 g/mol. The van der Waals surface area contributed by atoms with Gasteiger partial charge in [-0.15, -0.1) is 17.0 Å². The highest BCUT2D eigenvalue weighted by Gasteiger charge is 2.35. The van der Waals surface area contributed by atoms with E-state index in [1.54, 1.807) is 59.4 Å². The van der Waals surface area contributed by atoms with Crippen LogP contribution in [0.25, 0.3) is 11.0 Å². The van der Waals surface area contributed by atoms with Gasteiger partial charge in [-0.3, -0.25) is 5.41 Å². The lowest BCUT2D eigenvalue weighted by Gasteiger charge is -2.17. The van der Waals surface area contributed by atoms with Gasteiger partial charge in [0, 0.05) is 13.1 Å². The van der Waals surface area contributed by atoms with Gasteiger partial charge in [-0.25, -0.2) is 0 Å². The highest BCUT2D eigenvalue weighted by atomic mass is 79.9. The van der Waals surface area contributed by atoms with Crippen molar-refractivity contribution in [2.75, 3.05) is 0 Å². The van der Waals surface area contributed by atoms with E-state index in [0.717, 1.165) is 12.1 Å². The minimum Gasteiger partial charge on any atom is -0.310 e. The van der Waals surface area contributed by atoms with E-state index in [-0.39, 0.29) is 59.7 Å². The Morgan fingerprint density at radius 3 is 1.33 bits per heavy atom. The third kappa shape index (κ3) is 6.26. The van der Waals surface area contributed by atoms with Crippen LogP contribution >= 0.6 is 17.0 Å². The average molecular weight is 614 g/mol. The Bertz CT molecular complexity index is 1390. The molecule has 0 unspecified atom stereocenters. The van der Waals surface area contributed by atoms with Crippen LogP contribution in [0, 0.1) is 5.41 Å². The van der Waals surface area contributed by atoms with Gasteiger partial charge < -0.3 is 9.13 Å². The van der Waals surface area contributed by atoms with Crippen molar-refractivity contribution in [1.29, 1.82) is 5.41 Å². The maximum atomic E-state index is 13.7. The van der Waals surface area contributed by atoms with Crippen molar-refractivity contribution in [2.45, 2.75) is 65.0 Å². The highest BCUT2D eigenvalue weighted by Crippen LogP contribution is 2.35. The molecule has 3 aromatic carbocycles. The molecule has 3 nitrogen and oxygen atoms in total. The summed E-state index contributed by atoms with van der Waals surface area (Å²) in [4.78, 5) is 0. The van der Waals surface area contributed by atoms with Gasteiger partial charge in [0.05, 0.1) is 22.2 Å². The molecule has 4 rings (SSSR count). The largest absolute Gasteiger partial charge is 0.416 e. The summed E-state index contributed by atoms with van der Waals surface area (Å²) in [7, 11) is 0. The first kappa shape index (κ1) is 30.5. The van der Waals surface area contributed by atoms with E-state index in [1.807, 2.05) is 0 Å². The Morgan fingerprint density at radius 1 is 0.615 bits per heavy atom. The van der Waals surface area contributed by atoms with Gasteiger partial charge in [0.15, 0.2) is 0 Å². The summed E-state index contributed by atoms with van der Waals surface area (Å²) in [5.74, 6) is 0. The number of halogens is 7. The number of imidazole rings is 1. The molecule has 4 aromatic rings. The zero-order valence-electron chi connectivity index (χ0n) is 21.6. The fourth-order valence-corrected chi connectivity index (χ4v) is 5.25. The number of benzene rings is 3. The van der Waals surface area contributed by atoms with Crippen molar-refractivity contribution in [3.63, 3.8) is 0 Å². The molecule has 0 radical (unpaired) electrons. The number of aryl methyl sites for hydroxylation is 4. The number of aromatic nitrogens is 2. The third-order valence-corrected chi connectivity index (χ3v) is 7.06. The predicted molar refractivity (Wildman–Crippen MR) is 145 cm³/mol. The third-order valence-electron chi connectivity index (χ3n) is 7.06. The molecule has 0 spiro atoms. The SMILES string of the molecule is Br.CCc1cccc(C(F)(F)F)c1CCn1c(=N)n(CCc2c(CC)cccc2C(F)(F)F)c2ccccc21. The van der Waals surface area contributed by atoms with Crippen LogP contribution in [-0.4, -0.2) is 9.13 Å². The van der Waals surface area contributed by atoms with Crippen molar-refractivity contribution in [1.82, 2.24) is 9.13 Å². The van der Waals surface area contributed by atoms with E-state index in [4.69, 9.17) is 5.41 Å². The monoisotopic (exact) mass is 613 g/mol. The molecule has 0 saturated heterocycles. The van der Waals surface area contributed by atoms with E-state index in [1.165, 1.54) is 12.1 Å². The summed E-state index contributed by atoms with van der Waals surface area (Å²) in [5, 5.41) is 8.84. The first-order valence-corrected chi connectivity index (χ1v) is 12.6. The lowest BCUT2D eigenvalue weighted by atomic mass is 9.96. The zero-order valence-corrected chi connectivity index (χ0v) is 23.3. The summed E-state index contributed by atoms with van der Waals surface area (Å²) in [6.45, 7) is 3.87. The number of nitrogens with zero attached hydrogens (tertiary/aromatic N) is 2. The molecular formula is C29H30BrF6N3. The van der Waals surface area contributed by atoms with Crippen molar-refractivity contribution in [3.05, 3.63) is 99.7 Å². The van der Waals surface area contributed by atoms with Crippen LogP contribution in [0.4, 0.5) is 26.3 Å². The summed E-state index contributed by atoms with van der Waals surface area (Å²) >= 11 is 0. The van der Waals surface area contributed by atoms with Crippen LogP contribution in [-0.2, 0) is 51.1 Å². The van der Waals surface area contributed by atoms with Gasteiger partial charge in [-0.2, -0.15) is 26.3 Å². The molecule has 0 amide bonds. The molecule has 0 aliphatic rings. The number of nitrogens with one attached hydrogen (secondary N) is 1. The molecule has 10 heteroatoms. The molecule has 0 aliphatic heterocycles. The fourth-order valence-electron chi connectivity index (χ4n) is 5.25. The summed E-state index contributed by atoms with van der Waals surface area (Å²) in [6, 6.07) is 15.4. The number of fused-ring (bicyclic) bond motifs is 1. The standard InChI is InChI=1S/C29H29F6N3.BrH/c1-3-19-9-7-11-23(28(30,31)32)21(19)15-17-37-25-13-5-6-14-26(25)38(27(37)36)18-16-22-20(4-2)10-8-12-24(22)29(33,34)35;/h5-14,36H,3-4,15-18H2,1-2H3;1H. The van der Waals surface area contributed by atoms with Crippen LogP contribution in [0.5, 0.6) is 0 Å². The Balaban J connectivity index is 0.00000420. The Morgan fingerprint density at radius 2 is 1.00 bits per heavy atom. The maximum absolute atomic E-state index is 13.7. The minimum absolute atomic E-state index is 0. The van der Waals surface area contributed by atoms with Crippen molar-refractivity contribution < 1.29 is 26.3 Å². The normalized spacial score (nSPS) is 12.1. The van der Waals surface area contributed by atoms with Crippen molar-refractivity contribution >= 4 is 28.0 Å². The van der Waals surface area contributed by atoms with Gasteiger partial charge >= 0.3 is 12.4 Å². The van der Waals surface area contributed by atoms with E-state index in [9.17, 15) is 26.3 Å². The minimum atomic E-state index is -4.49. The molecule has 1 N–H and O–H groups in total. The summed E-state index contributed by atoms with van der Waals surface area (Å²) in [5.41, 5.74) is 1.61. The van der Waals surface area contributed by atoms with Gasteiger partial charge in [0.25, 0.3) is 0 Å². The highest BCUT2D eigenvalue weighted by molar-refractivity contribution is 8.93. The van der Waals surface area contributed by atoms with E-state index < -0.39 is 23.5 Å². The fraction of sp³-hybridized carbons (Fsp3) is 0.345. The van der Waals surface area contributed by atoms with Crippen LogP contribution < -0.4 is 5.62 Å². The van der Waals surface area contributed by atoms with E-state index >= 15 is 0 Å². The predicted octanol–water partition coefficient (Wildman–Crippen LogP) is 8.15. The zero-order chi connectivity index (χ0) is 27.7. The quantitative estimate of drug-likeness (QED) is 0.195.